The Balaban J connectivity index is 1.72. The molecule has 106 valence electrons. The van der Waals surface area contributed by atoms with Crippen molar-refractivity contribution in [3.8, 4) is 0 Å². The van der Waals surface area contributed by atoms with Crippen LogP contribution in [0.1, 0.15) is 31.6 Å². The number of oxazole rings is 1. The van der Waals surface area contributed by atoms with Gasteiger partial charge in [-0.1, -0.05) is 12.8 Å². The topological polar surface area (TPSA) is 67.2 Å². The van der Waals surface area contributed by atoms with Crippen LogP contribution in [-0.2, 0) is 4.79 Å². The van der Waals surface area contributed by atoms with E-state index < -0.39 is 0 Å². The molecule has 20 heavy (non-hydrogen) atoms. The molecule has 0 saturated carbocycles. The van der Waals surface area contributed by atoms with Gasteiger partial charge in [0.05, 0.1) is 6.04 Å². The number of anilines is 1. The number of hydrogen-bond donors (Lipinski definition) is 2. The van der Waals surface area contributed by atoms with Gasteiger partial charge in [0.25, 0.3) is 0 Å². The summed E-state index contributed by atoms with van der Waals surface area (Å²) in [5.74, 6) is 0.667. The molecule has 1 fully saturated rings. The van der Waals surface area contributed by atoms with Crippen LogP contribution in [0.25, 0.3) is 11.1 Å². The van der Waals surface area contributed by atoms with E-state index in [0.717, 1.165) is 42.6 Å². The molecule has 5 nitrogen and oxygen atoms in total. The van der Waals surface area contributed by atoms with Gasteiger partial charge in [-0.3, -0.25) is 4.79 Å². The monoisotopic (exact) mass is 273 g/mol. The molecule has 0 aliphatic carbocycles. The van der Waals surface area contributed by atoms with Crippen molar-refractivity contribution in [2.24, 2.45) is 0 Å². The first-order chi connectivity index (χ1) is 9.72. The second-order valence-corrected chi connectivity index (χ2v) is 5.26. The summed E-state index contributed by atoms with van der Waals surface area (Å²) >= 11 is 0. The Morgan fingerprint density at radius 3 is 3.20 bits per heavy atom. The second-order valence-electron chi connectivity index (χ2n) is 5.26. The smallest absolute Gasteiger partial charge is 0.241 e. The summed E-state index contributed by atoms with van der Waals surface area (Å²) in [6.07, 6.45) is 4.35. The average molecular weight is 273 g/mol. The minimum atomic E-state index is -0.0905. The molecule has 1 aromatic carbocycles. The Hall–Kier alpha value is -1.88. The lowest BCUT2D eigenvalue weighted by Gasteiger charge is -2.15. The van der Waals surface area contributed by atoms with E-state index in [4.69, 9.17) is 4.42 Å². The van der Waals surface area contributed by atoms with Gasteiger partial charge in [0, 0.05) is 12.6 Å². The Bertz CT molecular complexity index is 613. The normalized spacial score (nSPS) is 19.8. The maximum absolute atomic E-state index is 12.2. The number of amides is 1. The van der Waals surface area contributed by atoms with Gasteiger partial charge in [-0.2, -0.15) is 0 Å². The number of rotatable bonds is 2. The molecule has 1 amide bonds. The molecule has 5 heteroatoms. The maximum Gasteiger partial charge on any atom is 0.241 e. The SMILES string of the molecule is Cc1nc2cc(NC(=O)C3CCCCCN3)ccc2o1. The Morgan fingerprint density at radius 2 is 2.30 bits per heavy atom. The van der Waals surface area contributed by atoms with Crippen LogP contribution in [0, 0.1) is 6.92 Å². The van der Waals surface area contributed by atoms with Crippen molar-refractivity contribution in [1.29, 1.82) is 0 Å². The van der Waals surface area contributed by atoms with Gasteiger partial charge in [-0.15, -0.1) is 0 Å². The summed E-state index contributed by atoms with van der Waals surface area (Å²) in [5.41, 5.74) is 2.28. The molecular weight excluding hydrogens is 254 g/mol. The number of fused-ring (bicyclic) bond motifs is 1. The first-order valence-electron chi connectivity index (χ1n) is 7.14. The van der Waals surface area contributed by atoms with Gasteiger partial charge < -0.3 is 15.1 Å². The van der Waals surface area contributed by atoms with E-state index in [2.05, 4.69) is 15.6 Å². The quantitative estimate of drug-likeness (QED) is 0.882. The third kappa shape index (κ3) is 2.82. The van der Waals surface area contributed by atoms with Crippen LogP contribution in [0.15, 0.2) is 22.6 Å². The zero-order valence-electron chi connectivity index (χ0n) is 11.6. The lowest BCUT2D eigenvalue weighted by molar-refractivity contribution is -0.118. The Labute approximate surface area is 117 Å². The molecule has 1 aromatic heterocycles. The van der Waals surface area contributed by atoms with Crippen LogP contribution in [-0.4, -0.2) is 23.5 Å². The van der Waals surface area contributed by atoms with Crippen molar-refractivity contribution in [3.63, 3.8) is 0 Å². The van der Waals surface area contributed by atoms with E-state index in [-0.39, 0.29) is 11.9 Å². The van der Waals surface area contributed by atoms with Gasteiger partial charge >= 0.3 is 0 Å². The van der Waals surface area contributed by atoms with E-state index >= 15 is 0 Å². The maximum atomic E-state index is 12.2. The number of aromatic nitrogens is 1. The summed E-state index contributed by atoms with van der Waals surface area (Å²) in [5, 5.41) is 6.25. The first-order valence-corrected chi connectivity index (χ1v) is 7.14. The average Bonchev–Trinajstić information content (AvgIpc) is 2.64. The molecule has 3 rings (SSSR count). The molecule has 0 radical (unpaired) electrons. The predicted molar refractivity (Wildman–Crippen MR) is 77.6 cm³/mol. The summed E-state index contributed by atoms with van der Waals surface area (Å²) < 4.78 is 5.42. The highest BCUT2D eigenvalue weighted by Gasteiger charge is 2.19. The van der Waals surface area contributed by atoms with Gasteiger partial charge in [-0.25, -0.2) is 4.98 Å². The van der Waals surface area contributed by atoms with Crippen LogP contribution >= 0.6 is 0 Å². The first kappa shape index (κ1) is 13.1. The zero-order valence-corrected chi connectivity index (χ0v) is 11.6. The van der Waals surface area contributed by atoms with Crippen molar-refractivity contribution in [2.45, 2.75) is 38.6 Å². The van der Waals surface area contributed by atoms with Gasteiger partial charge in [0.2, 0.25) is 5.91 Å². The third-order valence-electron chi connectivity index (χ3n) is 3.64. The molecule has 0 spiro atoms. The highest BCUT2D eigenvalue weighted by molar-refractivity contribution is 5.96. The van der Waals surface area contributed by atoms with Crippen LogP contribution in [0.3, 0.4) is 0 Å². The number of aryl methyl sites for hydroxylation is 1. The van der Waals surface area contributed by atoms with Crippen LogP contribution < -0.4 is 10.6 Å². The van der Waals surface area contributed by atoms with E-state index in [9.17, 15) is 4.79 Å². The van der Waals surface area contributed by atoms with Crippen molar-refractivity contribution in [1.82, 2.24) is 10.3 Å². The molecule has 1 aliphatic heterocycles. The van der Waals surface area contributed by atoms with Gasteiger partial charge in [0.1, 0.15) is 5.52 Å². The molecule has 1 unspecified atom stereocenters. The second kappa shape index (κ2) is 5.63. The molecule has 2 N–H and O–H groups in total. The fraction of sp³-hybridized carbons (Fsp3) is 0.467. The molecule has 2 aromatic rings. The zero-order chi connectivity index (χ0) is 13.9. The van der Waals surface area contributed by atoms with Crippen LogP contribution in [0.5, 0.6) is 0 Å². The van der Waals surface area contributed by atoms with Gasteiger partial charge in [0.15, 0.2) is 11.5 Å². The van der Waals surface area contributed by atoms with Crippen LogP contribution in [0.2, 0.25) is 0 Å². The van der Waals surface area contributed by atoms with Crippen molar-refractivity contribution in [3.05, 3.63) is 24.1 Å². The largest absolute Gasteiger partial charge is 0.441 e. The lowest BCUT2D eigenvalue weighted by Crippen LogP contribution is -2.39. The third-order valence-corrected chi connectivity index (χ3v) is 3.64. The predicted octanol–water partition coefficient (Wildman–Crippen LogP) is 2.61. The highest BCUT2D eigenvalue weighted by Crippen LogP contribution is 2.20. The van der Waals surface area contributed by atoms with Gasteiger partial charge in [-0.05, 0) is 37.6 Å². The van der Waals surface area contributed by atoms with Crippen molar-refractivity contribution < 1.29 is 9.21 Å². The summed E-state index contributed by atoms with van der Waals surface area (Å²) in [6, 6.07) is 5.44. The minimum absolute atomic E-state index is 0.0338. The number of carbonyl (C=O) groups is 1. The number of nitrogens with zero attached hydrogens (tertiary/aromatic N) is 1. The Morgan fingerprint density at radius 1 is 1.40 bits per heavy atom. The number of hydrogen-bond acceptors (Lipinski definition) is 4. The number of benzene rings is 1. The summed E-state index contributed by atoms with van der Waals surface area (Å²) in [6.45, 7) is 2.73. The molecule has 2 heterocycles. The van der Waals surface area contributed by atoms with Crippen LogP contribution in [0.4, 0.5) is 5.69 Å². The van der Waals surface area contributed by atoms with E-state index in [1.807, 2.05) is 25.1 Å². The number of carbonyl (C=O) groups excluding carboxylic acids is 1. The summed E-state index contributed by atoms with van der Waals surface area (Å²) in [4.78, 5) is 16.5. The fourth-order valence-corrected chi connectivity index (χ4v) is 2.60. The highest BCUT2D eigenvalue weighted by atomic mass is 16.3. The van der Waals surface area contributed by atoms with Crippen molar-refractivity contribution >= 4 is 22.7 Å². The van der Waals surface area contributed by atoms with E-state index in [1.165, 1.54) is 6.42 Å². The van der Waals surface area contributed by atoms with E-state index in [0.29, 0.717) is 5.89 Å². The Kier molecular flexibility index (Phi) is 3.69. The van der Waals surface area contributed by atoms with E-state index in [1.54, 1.807) is 0 Å². The molecule has 1 aliphatic rings. The number of nitrogens with one attached hydrogen (secondary N) is 2. The lowest BCUT2D eigenvalue weighted by atomic mass is 10.1. The molecule has 1 saturated heterocycles. The molecule has 1 atom stereocenters. The molecular formula is C15H19N3O2. The standard InChI is InChI=1S/C15H19N3O2/c1-10-17-13-9-11(6-7-14(13)20-10)18-15(19)12-5-3-2-4-8-16-12/h6-7,9,12,16H,2-5,8H2,1H3,(H,18,19). The summed E-state index contributed by atoms with van der Waals surface area (Å²) in [7, 11) is 0. The van der Waals surface area contributed by atoms with Crippen molar-refractivity contribution in [2.75, 3.05) is 11.9 Å². The fourth-order valence-electron chi connectivity index (χ4n) is 2.60. The minimum Gasteiger partial charge on any atom is -0.441 e. The molecule has 0 bridgehead atoms.